The molecule has 3 unspecified atom stereocenters. The van der Waals surface area contributed by atoms with E-state index < -0.39 is 17.1 Å². The van der Waals surface area contributed by atoms with E-state index in [1.807, 2.05) is 13.8 Å². The quantitative estimate of drug-likeness (QED) is 0.583. The Morgan fingerprint density at radius 1 is 1.43 bits per heavy atom. The molecule has 21 heavy (non-hydrogen) atoms. The van der Waals surface area contributed by atoms with E-state index >= 15 is 0 Å². The molecule has 2 aliphatic rings. The van der Waals surface area contributed by atoms with Crippen molar-refractivity contribution >= 4 is 22.3 Å². The Kier molecular flexibility index (Phi) is 3.25. The topological polar surface area (TPSA) is 96.7 Å². The molecule has 0 amide bonds. The minimum atomic E-state index is -1.51. The van der Waals surface area contributed by atoms with Crippen molar-refractivity contribution in [3.63, 3.8) is 0 Å². The van der Waals surface area contributed by atoms with Crippen LogP contribution in [0.3, 0.4) is 0 Å². The van der Waals surface area contributed by atoms with E-state index in [-0.39, 0.29) is 23.0 Å². The molecule has 8 heteroatoms. The van der Waals surface area contributed by atoms with Gasteiger partial charge in [-0.2, -0.15) is 4.98 Å². The van der Waals surface area contributed by atoms with Gasteiger partial charge in [-0.05, 0) is 18.9 Å². The number of carbonyl (C=O) groups excluding carboxylic acids is 1. The second kappa shape index (κ2) is 4.55. The van der Waals surface area contributed by atoms with Gasteiger partial charge in [-0.25, -0.2) is 4.90 Å². The van der Waals surface area contributed by atoms with Crippen LogP contribution in [0.25, 0.3) is 0 Å². The Morgan fingerprint density at radius 2 is 2.10 bits per heavy atom. The van der Waals surface area contributed by atoms with Gasteiger partial charge in [-0.3, -0.25) is 9.44 Å². The number of carbonyl (C=O) groups is 1. The van der Waals surface area contributed by atoms with Gasteiger partial charge in [-0.15, -0.1) is 0 Å². The lowest BCUT2D eigenvalue weighted by Crippen LogP contribution is -2.50. The van der Waals surface area contributed by atoms with Gasteiger partial charge in [0.2, 0.25) is 6.23 Å². The van der Waals surface area contributed by atoms with Gasteiger partial charge in [-0.1, -0.05) is 25.2 Å². The van der Waals surface area contributed by atoms with E-state index in [2.05, 4.69) is 4.98 Å². The molecule has 1 aliphatic heterocycles. The number of ketones is 1. The molecule has 1 aromatic heterocycles. The van der Waals surface area contributed by atoms with Crippen LogP contribution in [-0.2, 0) is 6.42 Å². The highest BCUT2D eigenvalue weighted by atomic mass is 32.1. The van der Waals surface area contributed by atoms with Crippen LogP contribution < -0.4 is 4.65 Å². The van der Waals surface area contributed by atoms with Crippen LogP contribution in [0.1, 0.15) is 35.6 Å². The Morgan fingerprint density at radius 3 is 2.67 bits per heavy atom. The first-order valence-electron chi connectivity index (χ1n) is 6.83. The summed E-state index contributed by atoms with van der Waals surface area (Å²) < 4.78 is -1.12. The first kappa shape index (κ1) is 15.0. The summed E-state index contributed by atoms with van der Waals surface area (Å²) >= 11 is 1.05. The van der Waals surface area contributed by atoms with Gasteiger partial charge in [0, 0.05) is 6.42 Å². The van der Waals surface area contributed by atoms with E-state index in [1.165, 1.54) is 4.90 Å². The lowest BCUT2D eigenvalue weighted by atomic mass is 9.78. The van der Waals surface area contributed by atoms with Gasteiger partial charge in [0.05, 0.1) is 10.6 Å². The monoisotopic (exact) mass is 313 g/mol. The predicted octanol–water partition coefficient (Wildman–Crippen LogP) is 0.643. The zero-order chi connectivity index (χ0) is 15.6. The average molecular weight is 313 g/mol. The summed E-state index contributed by atoms with van der Waals surface area (Å²) in [5, 5.41) is 32.8. The number of hydrogen-bond donors (Lipinski definition) is 2. The fourth-order valence-corrected chi connectivity index (χ4v) is 4.07. The number of nitrogens with zero attached hydrogens (tertiary/aromatic N) is 3. The van der Waals surface area contributed by atoms with E-state index in [9.17, 15) is 20.2 Å². The molecule has 0 saturated carbocycles. The largest absolute Gasteiger partial charge is 0.623 e. The fourth-order valence-electron chi connectivity index (χ4n) is 2.98. The molecule has 7 nitrogen and oxygen atoms in total. The van der Waals surface area contributed by atoms with Crippen molar-refractivity contribution < 1.29 is 15.0 Å². The van der Waals surface area contributed by atoms with Crippen molar-refractivity contribution in [1.82, 2.24) is 14.5 Å². The molecule has 0 radical (unpaired) electrons. The van der Waals surface area contributed by atoms with Gasteiger partial charge >= 0.3 is 0 Å². The van der Waals surface area contributed by atoms with Crippen molar-refractivity contribution in [3.8, 4) is 0 Å². The first-order chi connectivity index (χ1) is 9.64. The molecule has 0 aromatic carbocycles. The minimum Gasteiger partial charge on any atom is -0.623 e. The molecule has 116 valence electrons. The second-order valence-electron chi connectivity index (χ2n) is 6.73. The highest BCUT2D eigenvalue weighted by Crippen LogP contribution is 2.42. The number of aliphatic hydroxyl groups excluding tert-OH is 2. The second-order valence-corrected chi connectivity index (χ2v) is 7.71. The van der Waals surface area contributed by atoms with Crippen molar-refractivity contribution in [2.45, 2.75) is 39.1 Å². The van der Waals surface area contributed by atoms with Crippen LogP contribution in [-0.4, -0.2) is 52.1 Å². The molecule has 1 aromatic rings. The predicted molar refractivity (Wildman–Crippen MR) is 78.4 cm³/mol. The first-order valence-corrected chi connectivity index (χ1v) is 7.64. The van der Waals surface area contributed by atoms with Crippen LogP contribution in [0.2, 0.25) is 0 Å². The fraction of sp³-hybridized carbons (Fsp3) is 0.692. The molecule has 0 spiro atoms. The summed E-state index contributed by atoms with van der Waals surface area (Å²) in [7, 11) is 1.56. The highest BCUT2D eigenvalue weighted by Gasteiger charge is 2.49. The number of likely N-dealkylation sites (N-methyl/N-ethyl adjacent to an activating group) is 1. The number of rotatable bonds is 1. The Bertz CT molecular complexity index is 602. The third kappa shape index (κ3) is 2.23. The molecule has 3 atom stereocenters. The Hall–Kier alpha value is -0.900. The Labute approximate surface area is 126 Å². The lowest BCUT2D eigenvalue weighted by molar-refractivity contribution is -0.0490. The summed E-state index contributed by atoms with van der Waals surface area (Å²) in [5.41, 5.74) is 0.476. The maximum atomic E-state index is 12.9. The van der Waals surface area contributed by atoms with Crippen molar-refractivity contribution in [2.75, 3.05) is 13.7 Å². The number of fused-ring (bicyclic) bond motifs is 1. The van der Waals surface area contributed by atoms with E-state index in [0.29, 0.717) is 23.4 Å². The normalized spacial score (nSPS) is 36.0. The maximum Gasteiger partial charge on any atom is 0.290 e. The molecule has 2 N–H and O–H groups in total. The number of aliphatic hydroxyl groups is 2. The van der Waals surface area contributed by atoms with Gasteiger partial charge in [0.15, 0.2) is 12.0 Å². The smallest absolute Gasteiger partial charge is 0.290 e. The molecular weight excluding hydrogens is 294 g/mol. The van der Waals surface area contributed by atoms with Crippen molar-refractivity contribution in [2.24, 2.45) is 5.41 Å². The number of hydroxylamine groups is 2. The number of aromatic nitrogens is 1. The molecule has 1 aliphatic carbocycles. The lowest BCUT2D eigenvalue weighted by Gasteiger charge is -2.36. The molecule has 2 heterocycles. The zero-order valence-corrected chi connectivity index (χ0v) is 13.1. The number of quaternary nitrogens is 1. The third-order valence-electron chi connectivity index (χ3n) is 4.13. The summed E-state index contributed by atoms with van der Waals surface area (Å²) in [4.78, 5) is 18.4. The van der Waals surface area contributed by atoms with E-state index in [1.54, 1.807) is 7.05 Å². The van der Waals surface area contributed by atoms with Crippen LogP contribution in [0.5, 0.6) is 0 Å². The minimum absolute atomic E-state index is 0.000750. The van der Waals surface area contributed by atoms with E-state index in [4.69, 9.17) is 0 Å². The summed E-state index contributed by atoms with van der Waals surface area (Å²) in [6.45, 7) is 3.90. The van der Waals surface area contributed by atoms with Crippen LogP contribution in [0.4, 0.5) is 5.13 Å². The van der Waals surface area contributed by atoms with Crippen LogP contribution in [0.15, 0.2) is 0 Å². The van der Waals surface area contributed by atoms with Gasteiger partial charge in [0.1, 0.15) is 6.67 Å². The van der Waals surface area contributed by atoms with Crippen molar-refractivity contribution in [3.05, 3.63) is 15.8 Å². The molecule has 1 fully saturated rings. The molecule has 0 bridgehead atoms. The van der Waals surface area contributed by atoms with Crippen molar-refractivity contribution in [1.29, 1.82) is 0 Å². The number of Topliss-reactive ketones (excluding diaryl/α,β-unsaturated/α-hetero) is 1. The molecule has 1 saturated heterocycles. The van der Waals surface area contributed by atoms with Gasteiger partial charge < -0.3 is 15.4 Å². The molecular formula is C13H19N3O4S. The number of thiazole rings is 1. The van der Waals surface area contributed by atoms with Crippen LogP contribution >= 0.6 is 11.3 Å². The summed E-state index contributed by atoms with van der Waals surface area (Å²) in [5.74, 6) is -0.000750. The Balaban J connectivity index is 2.01. The number of hydrogen-bond acceptors (Lipinski definition) is 7. The zero-order valence-electron chi connectivity index (χ0n) is 12.2. The molecule has 3 rings (SSSR count). The maximum absolute atomic E-state index is 12.9. The standard InChI is InChI=1S/C13H19N3O4S/c1-13(2)4-7-9(8(17)5-13)21-12(14-7)16(20)6-15(3)10(18)11(16)19/h10-11,18-19H,4-6H2,1-3H3. The third-order valence-corrected chi connectivity index (χ3v) is 5.38. The SMILES string of the molecule is CN1C[N+]([O-])(c2nc3c(s2)C(=O)CC(C)(C)C3)C(O)C1O. The van der Waals surface area contributed by atoms with Crippen LogP contribution in [0, 0.1) is 10.6 Å². The van der Waals surface area contributed by atoms with E-state index in [0.717, 1.165) is 11.3 Å². The van der Waals surface area contributed by atoms with Gasteiger partial charge in [0.25, 0.3) is 5.13 Å². The highest BCUT2D eigenvalue weighted by molar-refractivity contribution is 7.17. The average Bonchev–Trinajstić information content (AvgIpc) is 2.86. The summed E-state index contributed by atoms with van der Waals surface area (Å²) in [6, 6.07) is 0. The summed E-state index contributed by atoms with van der Waals surface area (Å²) in [6.07, 6.45) is -1.66.